The van der Waals surface area contributed by atoms with Gasteiger partial charge in [-0.15, -0.1) is 10.2 Å². The number of unbranched alkanes of at least 4 members (excludes halogenated alkanes) is 1. The molecule has 0 aliphatic carbocycles. The van der Waals surface area contributed by atoms with Crippen molar-refractivity contribution in [3.8, 4) is 17.4 Å². The van der Waals surface area contributed by atoms with Crippen molar-refractivity contribution in [1.82, 2.24) is 4.57 Å². The van der Waals surface area contributed by atoms with E-state index >= 15 is 0 Å². The molecule has 27 heavy (non-hydrogen) atoms. The third-order valence-corrected chi connectivity index (χ3v) is 4.31. The number of hydrogen-bond acceptors (Lipinski definition) is 5. The number of phenolic OH excluding ortho intramolecular Hbond substituents is 1. The summed E-state index contributed by atoms with van der Waals surface area (Å²) in [5.74, 6) is 0.0874. The molecule has 140 valence electrons. The van der Waals surface area contributed by atoms with Gasteiger partial charge in [0.05, 0.1) is 12.6 Å². The Hall–Kier alpha value is -3.35. The summed E-state index contributed by atoms with van der Waals surface area (Å²) in [6.45, 7) is 2.70. The summed E-state index contributed by atoms with van der Waals surface area (Å²) in [6.07, 6.45) is 1.87. The molecule has 0 radical (unpaired) electrons. The summed E-state index contributed by atoms with van der Waals surface area (Å²) in [5.41, 5.74) is 1.32. The molecule has 1 aromatic heterocycles. The number of fused-ring (bicyclic) bond motifs is 1. The molecule has 1 amide bonds. The standard InChI is InChI=1S/C20H21N3O4/c1-3-4-11-23-17-10-9-15(27-2)12-16(17)18(20(23)26)21-22-19(25)13-5-7-14(24)8-6-13/h5-10,12,24,26H,3-4,11H2,1-2H3. The van der Waals surface area contributed by atoms with Crippen LogP contribution in [0, 0.1) is 0 Å². The summed E-state index contributed by atoms with van der Waals surface area (Å²) < 4.78 is 7.02. The first-order valence-electron chi connectivity index (χ1n) is 8.69. The first-order valence-corrected chi connectivity index (χ1v) is 8.69. The van der Waals surface area contributed by atoms with Crippen LogP contribution in [0.5, 0.6) is 17.4 Å². The van der Waals surface area contributed by atoms with Crippen LogP contribution in [0.25, 0.3) is 10.9 Å². The lowest BCUT2D eigenvalue weighted by atomic mass is 10.2. The Labute approximate surface area is 156 Å². The molecule has 7 heteroatoms. The van der Waals surface area contributed by atoms with E-state index in [2.05, 4.69) is 17.2 Å². The maximum atomic E-state index is 12.2. The Morgan fingerprint density at radius 1 is 1.15 bits per heavy atom. The van der Waals surface area contributed by atoms with E-state index in [1.165, 1.54) is 24.3 Å². The SMILES string of the molecule is CCCCn1c(O)c(N=NC(=O)c2ccc(O)cc2)c2cc(OC)ccc21. The summed E-state index contributed by atoms with van der Waals surface area (Å²) in [7, 11) is 1.56. The molecule has 2 N–H and O–H groups in total. The zero-order valence-electron chi connectivity index (χ0n) is 15.2. The maximum absolute atomic E-state index is 12.2. The number of nitrogens with zero attached hydrogens (tertiary/aromatic N) is 3. The normalized spacial score (nSPS) is 11.3. The summed E-state index contributed by atoms with van der Waals surface area (Å²) in [4.78, 5) is 12.2. The number of carbonyl (C=O) groups is 1. The monoisotopic (exact) mass is 367 g/mol. The van der Waals surface area contributed by atoms with Crippen molar-refractivity contribution >= 4 is 22.5 Å². The number of methoxy groups -OCH3 is 1. The van der Waals surface area contributed by atoms with Gasteiger partial charge in [-0.25, -0.2) is 0 Å². The molecule has 0 fully saturated rings. The zero-order valence-corrected chi connectivity index (χ0v) is 15.2. The lowest BCUT2D eigenvalue weighted by Crippen LogP contribution is -1.96. The first-order chi connectivity index (χ1) is 13.0. The van der Waals surface area contributed by atoms with Crippen molar-refractivity contribution in [3.05, 3.63) is 48.0 Å². The van der Waals surface area contributed by atoms with Crippen LogP contribution in [-0.2, 0) is 6.54 Å². The number of carbonyl (C=O) groups excluding carboxylic acids is 1. The fourth-order valence-corrected chi connectivity index (χ4v) is 2.83. The number of aryl methyl sites for hydroxylation is 1. The van der Waals surface area contributed by atoms with Crippen LogP contribution in [0.1, 0.15) is 30.1 Å². The van der Waals surface area contributed by atoms with Gasteiger partial charge in [0.25, 0.3) is 5.91 Å². The van der Waals surface area contributed by atoms with Gasteiger partial charge in [0.15, 0.2) is 5.69 Å². The van der Waals surface area contributed by atoms with Crippen LogP contribution in [-0.4, -0.2) is 27.8 Å². The van der Waals surface area contributed by atoms with Gasteiger partial charge in [-0.3, -0.25) is 4.79 Å². The average molecular weight is 367 g/mol. The third kappa shape index (κ3) is 3.76. The Morgan fingerprint density at radius 2 is 1.89 bits per heavy atom. The number of benzene rings is 2. The predicted octanol–water partition coefficient (Wildman–Crippen LogP) is 4.79. The topological polar surface area (TPSA) is 96.4 Å². The Kier molecular flexibility index (Phi) is 5.40. The second-order valence-electron chi connectivity index (χ2n) is 6.11. The molecule has 0 atom stereocenters. The van der Waals surface area contributed by atoms with Crippen molar-refractivity contribution in [2.75, 3.05) is 7.11 Å². The number of azo groups is 1. The molecule has 0 aliphatic heterocycles. The van der Waals surface area contributed by atoms with E-state index in [1.54, 1.807) is 17.7 Å². The van der Waals surface area contributed by atoms with Gasteiger partial charge in [-0.2, -0.15) is 0 Å². The summed E-state index contributed by atoms with van der Waals surface area (Å²) in [5, 5.41) is 28.4. The van der Waals surface area contributed by atoms with Gasteiger partial charge in [0.1, 0.15) is 11.5 Å². The van der Waals surface area contributed by atoms with E-state index in [-0.39, 0.29) is 17.3 Å². The van der Waals surface area contributed by atoms with Crippen LogP contribution in [0.15, 0.2) is 52.7 Å². The smallest absolute Gasteiger partial charge is 0.295 e. The average Bonchev–Trinajstić information content (AvgIpc) is 2.95. The molecular formula is C20H21N3O4. The Bertz CT molecular complexity index is 991. The zero-order chi connectivity index (χ0) is 19.4. The van der Waals surface area contributed by atoms with Crippen LogP contribution in [0.4, 0.5) is 5.69 Å². The van der Waals surface area contributed by atoms with Crippen LogP contribution in [0.3, 0.4) is 0 Å². The van der Waals surface area contributed by atoms with Crippen LogP contribution in [0.2, 0.25) is 0 Å². The highest BCUT2D eigenvalue weighted by Crippen LogP contribution is 2.40. The van der Waals surface area contributed by atoms with Crippen molar-refractivity contribution < 1.29 is 19.7 Å². The van der Waals surface area contributed by atoms with Crippen molar-refractivity contribution in [3.63, 3.8) is 0 Å². The molecule has 0 unspecified atom stereocenters. The van der Waals surface area contributed by atoms with E-state index in [4.69, 9.17) is 4.74 Å². The molecule has 7 nitrogen and oxygen atoms in total. The first kappa shape index (κ1) is 18.4. The minimum atomic E-state index is -0.563. The molecular weight excluding hydrogens is 346 g/mol. The predicted molar refractivity (Wildman–Crippen MR) is 102 cm³/mol. The number of ether oxygens (including phenoxy) is 1. The van der Waals surface area contributed by atoms with E-state index in [0.717, 1.165) is 18.4 Å². The van der Waals surface area contributed by atoms with E-state index in [9.17, 15) is 15.0 Å². The molecule has 2 aromatic carbocycles. The van der Waals surface area contributed by atoms with Gasteiger partial charge < -0.3 is 19.5 Å². The van der Waals surface area contributed by atoms with E-state index in [0.29, 0.717) is 23.2 Å². The summed E-state index contributed by atoms with van der Waals surface area (Å²) in [6, 6.07) is 11.2. The minimum Gasteiger partial charge on any atom is -0.508 e. The number of aromatic hydroxyl groups is 2. The van der Waals surface area contributed by atoms with Gasteiger partial charge in [-0.05, 0) is 48.9 Å². The molecule has 0 aliphatic rings. The van der Waals surface area contributed by atoms with Crippen LogP contribution < -0.4 is 4.74 Å². The Morgan fingerprint density at radius 3 is 2.56 bits per heavy atom. The third-order valence-electron chi connectivity index (χ3n) is 4.31. The molecule has 0 bridgehead atoms. The lowest BCUT2D eigenvalue weighted by molar-refractivity contribution is 0.0995. The van der Waals surface area contributed by atoms with Crippen molar-refractivity contribution in [1.29, 1.82) is 0 Å². The molecule has 1 heterocycles. The van der Waals surface area contributed by atoms with Gasteiger partial charge in [0, 0.05) is 17.5 Å². The highest BCUT2D eigenvalue weighted by Gasteiger charge is 2.18. The number of rotatable bonds is 6. The number of amides is 1. The number of phenols is 1. The largest absolute Gasteiger partial charge is 0.508 e. The second kappa shape index (κ2) is 7.90. The highest BCUT2D eigenvalue weighted by atomic mass is 16.5. The van der Waals surface area contributed by atoms with E-state index < -0.39 is 5.91 Å². The van der Waals surface area contributed by atoms with Crippen LogP contribution >= 0.6 is 0 Å². The van der Waals surface area contributed by atoms with Gasteiger partial charge in [-0.1, -0.05) is 13.3 Å². The molecule has 0 saturated heterocycles. The quantitative estimate of drug-likeness (QED) is 0.612. The van der Waals surface area contributed by atoms with Crippen molar-refractivity contribution in [2.24, 2.45) is 10.2 Å². The number of hydrogen-bond donors (Lipinski definition) is 2. The molecule has 3 rings (SSSR count). The lowest BCUT2D eigenvalue weighted by Gasteiger charge is -2.05. The van der Waals surface area contributed by atoms with Gasteiger partial charge in [0.2, 0.25) is 5.88 Å². The highest BCUT2D eigenvalue weighted by molar-refractivity contribution is 5.98. The second-order valence-corrected chi connectivity index (χ2v) is 6.11. The minimum absolute atomic E-state index is 0.0334. The molecule has 3 aromatic rings. The maximum Gasteiger partial charge on any atom is 0.295 e. The Balaban J connectivity index is 2.02. The van der Waals surface area contributed by atoms with Crippen molar-refractivity contribution in [2.45, 2.75) is 26.3 Å². The molecule has 0 spiro atoms. The molecule has 0 saturated carbocycles. The fraction of sp³-hybridized carbons (Fsp3) is 0.250. The number of aromatic nitrogens is 1. The van der Waals surface area contributed by atoms with Gasteiger partial charge >= 0.3 is 0 Å². The summed E-state index contributed by atoms with van der Waals surface area (Å²) >= 11 is 0. The fourth-order valence-electron chi connectivity index (χ4n) is 2.83. The van der Waals surface area contributed by atoms with E-state index in [1.807, 2.05) is 12.1 Å².